The summed E-state index contributed by atoms with van der Waals surface area (Å²) in [5.41, 5.74) is 3.48. The van der Waals surface area contributed by atoms with E-state index in [9.17, 15) is 19.6 Å². The van der Waals surface area contributed by atoms with E-state index >= 15 is 0 Å². The summed E-state index contributed by atoms with van der Waals surface area (Å²) in [7, 11) is 1.70. The largest absolute Gasteiger partial charge is 0.341 e. The zero-order valence-electron chi connectivity index (χ0n) is 18.7. The van der Waals surface area contributed by atoms with Crippen molar-refractivity contribution in [2.45, 2.75) is 30.8 Å². The molecule has 2 aliphatic heterocycles. The Labute approximate surface area is 193 Å². The van der Waals surface area contributed by atoms with Crippen molar-refractivity contribution in [2.24, 2.45) is 5.92 Å². The second kappa shape index (κ2) is 10.1. The molecular formula is C25H30N4O4. The number of hydrogen-bond acceptors (Lipinski definition) is 5. The summed E-state index contributed by atoms with van der Waals surface area (Å²) in [6, 6.07) is 18.0. The van der Waals surface area contributed by atoms with Gasteiger partial charge in [-0.15, -0.1) is 0 Å². The Hall–Kier alpha value is -3.23. The van der Waals surface area contributed by atoms with Gasteiger partial charge in [-0.25, -0.2) is 5.48 Å². The third-order valence-electron chi connectivity index (χ3n) is 6.87. The van der Waals surface area contributed by atoms with Gasteiger partial charge in [-0.1, -0.05) is 48.5 Å². The van der Waals surface area contributed by atoms with Crippen LogP contribution in [0.1, 0.15) is 34.7 Å². The standard InChI is InChI=1S/C25H30N4O4/c1-28(24(31)18-10-6-3-7-11-18)20-14-21(23(30)27-33)22(26-15-20)25(32)29-13-12-19(16-29)17-8-4-2-5-9-17/h2-11,19-22,26,33H,12-16H2,1H3,(H,27,30)/t19-,20?,21-,22-/m0/s1. The molecule has 0 aliphatic carbocycles. The molecule has 3 N–H and O–H groups in total. The van der Waals surface area contributed by atoms with E-state index in [2.05, 4.69) is 17.4 Å². The van der Waals surface area contributed by atoms with Gasteiger partial charge in [0.05, 0.1) is 12.0 Å². The molecular weight excluding hydrogens is 420 g/mol. The van der Waals surface area contributed by atoms with Gasteiger partial charge >= 0.3 is 0 Å². The lowest BCUT2D eigenvalue weighted by atomic mass is 9.86. The Bertz CT molecular complexity index is 984. The smallest absolute Gasteiger partial charge is 0.253 e. The molecule has 2 saturated heterocycles. The number of likely N-dealkylation sites (N-methyl/N-ethyl adjacent to an activating group) is 1. The third kappa shape index (κ3) is 4.91. The second-order valence-corrected chi connectivity index (χ2v) is 8.82. The van der Waals surface area contributed by atoms with Gasteiger partial charge in [-0.05, 0) is 30.5 Å². The summed E-state index contributed by atoms with van der Waals surface area (Å²) in [4.78, 5) is 42.1. The molecule has 8 nitrogen and oxygen atoms in total. The topological polar surface area (TPSA) is 102 Å². The second-order valence-electron chi connectivity index (χ2n) is 8.82. The van der Waals surface area contributed by atoms with Crippen LogP contribution in [0.15, 0.2) is 60.7 Å². The molecule has 2 aromatic carbocycles. The predicted molar refractivity (Wildman–Crippen MR) is 123 cm³/mol. The van der Waals surface area contributed by atoms with Crippen LogP contribution in [0, 0.1) is 5.92 Å². The van der Waals surface area contributed by atoms with E-state index in [0.29, 0.717) is 25.2 Å². The van der Waals surface area contributed by atoms with Crippen LogP contribution < -0.4 is 10.8 Å². The Balaban J connectivity index is 1.44. The lowest BCUT2D eigenvalue weighted by Gasteiger charge is -2.40. The summed E-state index contributed by atoms with van der Waals surface area (Å²) in [6.07, 6.45) is 1.15. The molecule has 0 bridgehead atoms. The summed E-state index contributed by atoms with van der Waals surface area (Å²) >= 11 is 0. The molecule has 0 aromatic heterocycles. The highest BCUT2D eigenvalue weighted by Gasteiger charge is 2.43. The molecule has 0 saturated carbocycles. The first-order valence-corrected chi connectivity index (χ1v) is 11.3. The van der Waals surface area contributed by atoms with Gasteiger partial charge in [0.25, 0.3) is 5.91 Å². The monoisotopic (exact) mass is 450 g/mol. The third-order valence-corrected chi connectivity index (χ3v) is 6.87. The minimum atomic E-state index is -0.789. The molecule has 8 heteroatoms. The summed E-state index contributed by atoms with van der Waals surface area (Å²) in [5.74, 6) is -1.43. The Morgan fingerprint density at radius 2 is 1.73 bits per heavy atom. The van der Waals surface area contributed by atoms with Crippen molar-refractivity contribution >= 4 is 17.7 Å². The maximum atomic E-state index is 13.4. The predicted octanol–water partition coefficient (Wildman–Crippen LogP) is 1.63. The van der Waals surface area contributed by atoms with E-state index < -0.39 is 17.9 Å². The van der Waals surface area contributed by atoms with Gasteiger partial charge in [0.1, 0.15) is 0 Å². The highest BCUT2D eigenvalue weighted by Crippen LogP contribution is 2.29. The van der Waals surface area contributed by atoms with Gasteiger partial charge in [0.15, 0.2) is 0 Å². The van der Waals surface area contributed by atoms with Gasteiger partial charge in [0, 0.05) is 44.2 Å². The Kier molecular flexibility index (Phi) is 7.05. The van der Waals surface area contributed by atoms with Crippen LogP contribution in [-0.4, -0.2) is 71.5 Å². The number of carbonyl (C=O) groups is 3. The minimum Gasteiger partial charge on any atom is -0.341 e. The number of nitrogens with one attached hydrogen (secondary N) is 2. The van der Waals surface area contributed by atoms with Gasteiger partial charge < -0.3 is 15.1 Å². The SMILES string of the molecule is CN(C(=O)c1ccccc1)C1CN[C@H](C(=O)N2CC[C@H](c3ccccc3)C2)[C@@H](C(=O)NO)C1. The van der Waals surface area contributed by atoms with Crippen LogP contribution in [0.3, 0.4) is 0 Å². The number of likely N-dealkylation sites (tertiary alicyclic amines) is 1. The fourth-order valence-corrected chi connectivity index (χ4v) is 4.92. The van der Waals surface area contributed by atoms with Crippen LogP contribution in [-0.2, 0) is 9.59 Å². The number of hydroxylamine groups is 1. The van der Waals surface area contributed by atoms with Crippen LogP contribution in [0.4, 0.5) is 0 Å². The molecule has 33 heavy (non-hydrogen) atoms. The fraction of sp³-hybridized carbons (Fsp3) is 0.400. The lowest BCUT2D eigenvalue weighted by molar-refractivity contribution is -0.144. The molecule has 2 aromatic rings. The van der Waals surface area contributed by atoms with E-state index in [1.807, 2.05) is 24.3 Å². The van der Waals surface area contributed by atoms with Crippen LogP contribution in [0.2, 0.25) is 0 Å². The van der Waals surface area contributed by atoms with Crippen molar-refractivity contribution in [3.05, 3.63) is 71.8 Å². The van der Waals surface area contributed by atoms with E-state index in [1.165, 1.54) is 5.56 Å². The molecule has 4 atom stereocenters. The first-order chi connectivity index (χ1) is 16.0. The van der Waals surface area contributed by atoms with Crippen molar-refractivity contribution in [1.82, 2.24) is 20.6 Å². The van der Waals surface area contributed by atoms with Gasteiger partial charge in [0.2, 0.25) is 11.8 Å². The summed E-state index contributed by atoms with van der Waals surface area (Å²) in [5, 5.41) is 12.5. The Morgan fingerprint density at radius 1 is 1.06 bits per heavy atom. The van der Waals surface area contributed by atoms with Crippen molar-refractivity contribution < 1.29 is 19.6 Å². The molecule has 3 amide bonds. The molecule has 0 radical (unpaired) electrons. The zero-order chi connectivity index (χ0) is 23.4. The average molecular weight is 451 g/mol. The molecule has 2 fully saturated rings. The first-order valence-electron chi connectivity index (χ1n) is 11.3. The van der Waals surface area contributed by atoms with Gasteiger partial charge in [-0.3, -0.25) is 19.6 Å². The molecule has 0 spiro atoms. The lowest BCUT2D eigenvalue weighted by Crippen LogP contribution is -2.62. The summed E-state index contributed by atoms with van der Waals surface area (Å²) < 4.78 is 0. The molecule has 2 heterocycles. The number of piperidine rings is 1. The fourth-order valence-electron chi connectivity index (χ4n) is 4.92. The number of amides is 3. The van der Waals surface area contributed by atoms with Crippen molar-refractivity contribution in [3.8, 4) is 0 Å². The normalized spacial score (nSPS) is 24.8. The highest BCUT2D eigenvalue weighted by molar-refractivity contribution is 5.94. The molecule has 1 unspecified atom stereocenters. The number of carbonyl (C=O) groups excluding carboxylic acids is 3. The van der Waals surface area contributed by atoms with Crippen molar-refractivity contribution in [3.63, 3.8) is 0 Å². The van der Waals surface area contributed by atoms with Crippen LogP contribution >= 0.6 is 0 Å². The number of rotatable bonds is 5. The minimum absolute atomic E-state index is 0.141. The average Bonchev–Trinajstić information content (AvgIpc) is 3.38. The van der Waals surface area contributed by atoms with E-state index in [4.69, 9.17) is 0 Å². The molecule has 4 rings (SSSR count). The summed E-state index contributed by atoms with van der Waals surface area (Å²) in [6.45, 7) is 1.61. The highest BCUT2D eigenvalue weighted by atomic mass is 16.5. The Morgan fingerprint density at radius 3 is 2.39 bits per heavy atom. The van der Waals surface area contributed by atoms with Gasteiger partial charge in [-0.2, -0.15) is 0 Å². The first kappa shape index (κ1) is 22.9. The van der Waals surface area contributed by atoms with Crippen LogP contribution in [0.5, 0.6) is 0 Å². The number of nitrogens with zero attached hydrogens (tertiary/aromatic N) is 2. The van der Waals surface area contributed by atoms with Crippen LogP contribution in [0.25, 0.3) is 0 Å². The van der Waals surface area contributed by atoms with Crippen molar-refractivity contribution in [1.29, 1.82) is 0 Å². The zero-order valence-corrected chi connectivity index (χ0v) is 18.7. The number of benzene rings is 2. The van der Waals surface area contributed by atoms with E-state index in [-0.39, 0.29) is 30.2 Å². The van der Waals surface area contributed by atoms with E-state index in [1.54, 1.807) is 46.6 Å². The maximum Gasteiger partial charge on any atom is 0.253 e. The number of hydrogen-bond donors (Lipinski definition) is 3. The quantitative estimate of drug-likeness (QED) is 0.475. The molecule has 2 aliphatic rings. The maximum absolute atomic E-state index is 13.4. The molecule has 174 valence electrons. The van der Waals surface area contributed by atoms with Crippen molar-refractivity contribution in [2.75, 3.05) is 26.7 Å². The van der Waals surface area contributed by atoms with E-state index in [0.717, 1.165) is 6.42 Å².